The number of nitrogens with zero attached hydrogens (tertiary/aromatic N) is 4. The first-order chi connectivity index (χ1) is 14.6. The number of aromatic nitrogens is 3. The molecule has 3 N–H and O–H groups in total. The summed E-state index contributed by atoms with van der Waals surface area (Å²) in [6, 6.07) is 12.0. The molecule has 1 aliphatic heterocycles. The Bertz CT molecular complexity index is 1160. The Balaban J connectivity index is 1.63. The summed E-state index contributed by atoms with van der Waals surface area (Å²) in [6.07, 6.45) is 5.49. The highest BCUT2D eigenvalue weighted by Crippen LogP contribution is 2.31. The number of anilines is 3. The Labute approximate surface area is 172 Å². The smallest absolute Gasteiger partial charge is 0.326 e. The molecule has 1 aliphatic carbocycles. The zero-order valence-corrected chi connectivity index (χ0v) is 16.4. The first-order valence-electron chi connectivity index (χ1n) is 9.94. The lowest BCUT2D eigenvalue weighted by Gasteiger charge is -2.23. The zero-order valence-electron chi connectivity index (χ0n) is 16.4. The molecule has 1 saturated carbocycles. The van der Waals surface area contributed by atoms with Crippen molar-refractivity contribution in [2.75, 3.05) is 16.8 Å². The van der Waals surface area contributed by atoms with Gasteiger partial charge in [0.2, 0.25) is 0 Å². The van der Waals surface area contributed by atoms with E-state index in [1.165, 1.54) is 0 Å². The van der Waals surface area contributed by atoms with Gasteiger partial charge in [-0.3, -0.25) is 10.1 Å². The molecule has 2 fully saturated rings. The van der Waals surface area contributed by atoms with Crippen molar-refractivity contribution in [2.24, 2.45) is 0 Å². The van der Waals surface area contributed by atoms with Crippen LogP contribution < -0.4 is 20.9 Å². The van der Waals surface area contributed by atoms with Gasteiger partial charge in [0.05, 0.1) is 6.20 Å². The topological polar surface area (TPSA) is 104 Å². The Kier molecular flexibility index (Phi) is 4.35. The summed E-state index contributed by atoms with van der Waals surface area (Å²) >= 11 is 0. The number of imide groups is 1. The van der Waals surface area contributed by atoms with E-state index in [-0.39, 0.29) is 5.70 Å². The Hall–Kier alpha value is -3.88. The molecule has 3 aromatic rings. The normalized spacial score (nSPS) is 17.3. The number of hydrogen-bond acceptors (Lipinski definition) is 6. The van der Waals surface area contributed by atoms with Crippen LogP contribution in [0.25, 0.3) is 11.7 Å². The van der Waals surface area contributed by atoms with Crippen LogP contribution in [0.1, 0.15) is 25.3 Å². The molecule has 30 heavy (non-hydrogen) atoms. The van der Waals surface area contributed by atoms with E-state index >= 15 is 0 Å². The molecule has 9 heteroatoms. The fourth-order valence-corrected chi connectivity index (χ4v) is 3.47. The molecule has 5 rings (SSSR count). The van der Waals surface area contributed by atoms with Crippen LogP contribution >= 0.6 is 0 Å². The lowest BCUT2D eigenvalue weighted by atomic mass is 10.2. The molecule has 1 saturated heterocycles. The van der Waals surface area contributed by atoms with Crippen LogP contribution in [0.15, 0.2) is 48.3 Å². The largest absolute Gasteiger partial charge is 0.367 e. The van der Waals surface area contributed by atoms with E-state index in [1.807, 2.05) is 36.4 Å². The van der Waals surface area contributed by atoms with Gasteiger partial charge < -0.3 is 15.5 Å². The number of nitrogens with one attached hydrogen (secondary N) is 3. The summed E-state index contributed by atoms with van der Waals surface area (Å²) in [5, 5.41) is 12.7. The second-order valence-electron chi connectivity index (χ2n) is 7.30. The van der Waals surface area contributed by atoms with E-state index in [2.05, 4.69) is 32.9 Å². The maximum absolute atomic E-state index is 11.9. The molecule has 3 amide bonds. The number of hydrogen-bond donors (Lipinski definition) is 3. The van der Waals surface area contributed by atoms with Gasteiger partial charge in [-0.1, -0.05) is 18.2 Å². The average molecular weight is 403 g/mol. The van der Waals surface area contributed by atoms with E-state index in [1.54, 1.807) is 16.8 Å². The summed E-state index contributed by atoms with van der Waals surface area (Å²) in [6.45, 7) is 2.81. The monoisotopic (exact) mass is 403 g/mol. The minimum absolute atomic E-state index is 0.175. The second-order valence-corrected chi connectivity index (χ2v) is 7.30. The highest BCUT2D eigenvalue weighted by Gasteiger charge is 2.26. The standard InChI is InChI=1S/C21H21N7O2/c1-2-27(15-6-4-3-5-7-15)17-11-18(23-14-8-9-14)28-19(25-17)13(12-22-28)10-16-20(29)26-21(30)24-16/h3-7,10-12,14,23H,2,8-9H2,1H3,(H2,24,26,29,30)/b16-10-. The SMILES string of the molecule is CCN(c1ccccc1)c1cc(NC2CC2)n2ncc(/C=C3\NC(=O)NC3=O)c2n1. The first kappa shape index (κ1) is 18.2. The predicted octanol–water partition coefficient (Wildman–Crippen LogP) is 2.64. The van der Waals surface area contributed by atoms with Gasteiger partial charge in [-0.15, -0.1) is 0 Å². The minimum Gasteiger partial charge on any atom is -0.367 e. The van der Waals surface area contributed by atoms with E-state index in [0.717, 1.165) is 36.7 Å². The Morgan fingerprint density at radius 1 is 1.23 bits per heavy atom. The quantitative estimate of drug-likeness (QED) is 0.432. The van der Waals surface area contributed by atoms with Crippen LogP contribution in [0.5, 0.6) is 0 Å². The summed E-state index contributed by atoms with van der Waals surface area (Å²) in [4.78, 5) is 30.4. The van der Waals surface area contributed by atoms with Crippen LogP contribution in [0.4, 0.5) is 22.1 Å². The third kappa shape index (κ3) is 3.34. The van der Waals surface area contributed by atoms with Gasteiger partial charge in [0.25, 0.3) is 5.91 Å². The van der Waals surface area contributed by atoms with Gasteiger partial charge in [0.15, 0.2) is 5.65 Å². The molecular formula is C21H21N7O2. The van der Waals surface area contributed by atoms with Crippen LogP contribution in [-0.4, -0.2) is 39.1 Å². The number of carbonyl (C=O) groups excluding carboxylic acids is 2. The van der Waals surface area contributed by atoms with Crippen LogP contribution in [0, 0.1) is 0 Å². The fraction of sp³-hybridized carbons (Fsp3) is 0.238. The number of carbonyl (C=O) groups is 2. The number of fused-ring (bicyclic) bond motifs is 1. The fourth-order valence-electron chi connectivity index (χ4n) is 3.47. The molecule has 3 heterocycles. The van der Waals surface area contributed by atoms with Gasteiger partial charge in [-0.2, -0.15) is 9.61 Å². The molecule has 9 nitrogen and oxygen atoms in total. The molecule has 2 aromatic heterocycles. The van der Waals surface area contributed by atoms with Crippen molar-refractivity contribution in [3.63, 3.8) is 0 Å². The van der Waals surface area contributed by atoms with Crippen molar-refractivity contribution >= 4 is 41.0 Å². The van der Waals surface area contributed by atoms with E-state index in [4.69, 9.17) is 4.98 Å². The lowest BCUT2D eigenvalue weighted by molar-refractivity contribution is -0.115. The summed E-state index contributed by atoms with van der Waals surface area (Å²) in [5.41, 5.74) is 2.46. The zero-order chi connectivity index (χ0) is 20.7. The molecule has 0 atom stereocenters. The van der Waals surface area contributed by atoms with Gasteiger partial charge >= 0.3 is 6.03 Å². The number of urea groups is 1. The number of rotatable bonds is 6. The minimum atomic E-state index is -0.534. The molecule has 0 radical (unpaired) electrons. The average Bonchev–Trinajstić information content (AvgIpc) is 3.38. The van der Waals surface area contributed by atoms with Gasteiger partial charge in [0, 0.05) is 29.9 Å². The van der Waals surface area contributed by atoms with E-state index in [9.17, 15) is 9.59 Å². The van der Waals surface area contributed by atoms with Gasteiger partial charge in [0.1, 0.15) is 17.3 Å². The van der Waals surface area contributed by atoms with Crippen LogP contribution in [-0.2, 0) is 4.79 Å². The van der Waals surface area contributed by atoms with Crippen LogP contribution in [0.2, 0.25) is 0 Å². The number of benzene rings is 1. The van der Waals surface area contributed by atoms with Crippen molar-refractivity contribution in [1.82, 2.24) is 25.2 Å². The highest BCUT2D eigenvalue weighted by molar-refractivity contribution is 6.14. The van der Waals surface area contributed by atoms with Crippen LogP contribution in [0.3, 0.4) is 0 Å². The van der Waals surface area contributed by atoms with Crippen molar-refractivity contribution < 1.29 is 9.59 Å². The summed E-state index contributed by atoms with van der Waals surface area (Å²) in [5.74, 6) is 1.15. The third-order valence-electron chi connectivity index (χ3n) is 5.10. The molecule has 0 bridgehead atoms. The van der Waals surface area contributed by atoms with E-state index in [0.29, 0.717) is 17.3 Å². The molecule has 1 aromatic carbocycles. The van der Waals surface area contributed by atoms with Crippen molar-refractivity contribution in [2.45, 2.75) is 25.8 Å². The molecule has 2 aliphatic rings. The lowest BCUT2D eigenvalue weighted by Crippen LogP contribution is -2.22. The number of para-hydroxylation sites is 1. The number of amides is 3. The summed E-state index contributed by atoms with van der Waals surface area (Å²) in [7, 11) is 0. The second kappa shape index (κ2) is 7.18. The molecule has 0 spiro atoms. The van der Waals surface area contributed by atoms with Crippen molar-refractivity contribution in [1.29, 1.82) is 0 Å². The third-order valence-corrected chi connectivity index (χ3v) is 5.10. The van der Waals surface area contributed by atoms with Gasteiger partial charge in [-0.25, -0.2) is 9.78 Å². The summed E-state index contributed by atoms with van der Waals surface area (Å²) < 4.78 is 1.74. The Morgan fingerprint density at radius 3 is 2.70 bits per heavy atom. The van der Waals surface area contributed by atoms with Crippen molar-refractivity contribution in [3.05, 3.63) is 53.9 Å². The van der Waals surface area contributed by atoms with Gasteiger partial charge in [-0.05, 0) is 38.0 Å². The first-order valence-corrected chi connectivity index (χ1v) is 9.94. The maximum Gasteiger partial charge on any atom is 0.326 e. The highest BCUT2D eigenvalue weighted by atomic mass is 16.2. The maximum atomic E-state index is 11.9. The van der Waals surface area contributed by atoms with Crippen molar-refractivity contribution in [3.8, 4) is 0 Å². The predicted molar refractivity (Wildman–Crippen MR) is 113 cm³/mol. The molecule has 152 valence electrons. The Morgan fingerprint density at radius 2 is 2.03 bits per heavy atom. The van der Waals surface area contributed by atoms with E-state index < -0.39 is 11.9 Å². The molecule has 0 unspecified atom stereocenters. The molecular weight excluding hydrogens is 382 g/mol.